The van der Waals surface area contributed by atoms with Crippen LogP contribution < -0.4 is 14.5 Å². The molecule has 3 aromatic heterocycles. The van der Waals surface area contributed by atoms with E-state index in [1.807, 2.05) is 59.6 Å². The Bertz CT molecular complexity index is 3600. The fourth-order valence-corrected chi connectivity index (χ4v) is 7.47. The van der Waals surface area contributed by atoms with E-state index in [2.05, 4.69) is 48.5 Å². The molecule has 0 amide bonds. The molecule has 57 heavy (non-hydrogen) atoms. The molecule has 0 saturated carbocycles. The fourth-order valence-electron chi connectivity index (χ4n) is 7.47. The summed E-state index contributed by atoms with van der Waals surface area (Å²) in [6, 6.07) is 22.7. The van der Waals surface area contributed by atoms with Gasteiger partial charge in [-0.1, -0.05) is 130 Å². The van der Waals surface area contributed by atoms with Gasteiger partial charge in [-0.05, 0) is 70.6 Å². The van der Waals surface area contributed by atoms with Gasteiger partial charge in [-0.15, -0.1) is 0 Å². The SMILES string of the molecule is [2H]c1cc(-c2c([2H])c([2H])c([2H])c(-c3c([2H])c([2H])c([2H])c([2H])c3[2H])c2N2CN(c3ccnc(Oc4ccc5c6ccccc6n(-c6cc(C(C)(C)C)ccn6)c5c4)c3)c3ccccc32)c([2H])c([2H])c1[2H]. The van der Waals surface area contributed by atoms with Crippen LogP contribution in [0.1, 0.15) is 42.8 Å². The first-order valence-electron chi connectivity index (χ1n) is 24.4. The first kappa shape index (κ1) is 23.7. The standard InChI is InChI=1S/C51H41N5O/c1-51(2,3)37-27-29-52-48(31-37)56-44-22-11-10-19-42(44)43-26-25-39(33-47(43)56)57-49-32-38(28-30-53-49)54-34-55(46-24-13-12-23-45(46)54)50-40(35-15-6-4-7-16-35)20-14-21-41(50)36-17-8-5-9-18-36/h4-33H,34H2,1-3H3/i4D,5D,6D,7D,8D,9D,14D,15D,16D,17D,20D,21D. The summed E-state index contributed by atoms with van der Waals surface area (Å²) in [6.07, 6.45) is 3.42. The maximum atomic E-state index is 9.34. The average Bonchev–Trinajstić information content (AvgIpc) is 3.89. The quantitative estimate of drug-likeness (QED) is 0.162. The Kier molecular flexibility index (Phi) is 5.75. The number of anilines is 4. The number of fused-ring (bicyclic) bond motifs is 4. The van der Waals surface area contributed by atoms with E-state index < -0.39 is 78.1 Å². The third-order valence-electron chi connectivity index (χ3n) is 10.2. The van der Waals surface area contributed by atoms with Crippen LogP contribution in [0.4, 0.5) is 22.7 Å². The smallest absolute Gasteiger partial charge is 0.221 e. The third kappa shape index (κ3) is 6.16. The van der Waals surface area contributed by atoms with Crippen molar-refractivity contribution in [3.05, 3.63) is 188 Å². The molecule has 0 unspecified atom stereocenters. The highest BCUT2D eigenvalue weighted by Crippen LogP contribution is 2.50. The van der Waals surface area contributed by atoms with Crippen molar-refractivity contribution in [2.75, 3.05) is 16.5 Å². The molecule has 1 aliphatic rings. The maximum Gasteiger partial charge on any atom is 0.221 e. The summed E-state index contributed by atoms with van der Waals surface area (Å²) >= 11 is 0. The van der Waals surface area contributed by atoms with E-state index in [1.54, 1.807) is 35.4 Å². The predicted octanol–water partition coefficient (Wildman–Crippen LogP) is 13.2. The van der Waals surface area contributed by atoms with Crippen LogP contribution in [0, 0.1) is 0 Å². The summed E-state index contributed by atoms with van der Waals surface area (Å²) in [7, 11) is 0. The summed E-state index contributed by atoms with van der Waals surface area (Å²) in [6.45, 7) is 6.41. The molecule has 0 N–H and O–H groups in total. The van der Waals surface area contributed by atoms with Gasteiger partial charge in [0.15, 0.2) is 0 Å². The number of hydrogen-bond donors (Lipinski definition) is 0. The predicted molar refractivity (Wildman–Crippen MR) is 234 cm³/mol. The summed E-state index contributed by atoms with van der Waals surface area (Å²) in [5, 5.41) is 2.06. The minimum absolute atomic E-state index is 0.0590. The highest BCUT2D eigenvalue weighted by Gasteiger charge is 2.31. The maximum absolute atomic E-state index is 9.34. The molecule has 0 atom stereocenters. The zero-order chi connectivity index (χ0) is 49.0. The number of rotatable bonds is 7. The van der Waals surface area contributed by atoms with E-state index in [0.717, 1.165) is 39.3 Å². The Morgan fingerprint density at radius 3 is 2.12 bits per heavy atom. The van der Waals surface area contributed by atoms with E-state index in [9.17, 15) is 2.74 Å². The summed E-state index contributed by atoms with van der Waals surface area (Å²) in [5.74, 6) is 1.52. The van der Waals surface area contributed by atoms with E-state index in [0.29, 0.717) is 22.8 Å². The summed E-state index contributed by atoms with van der Waals surface area (Å²) < 4.78 is 114. The minimum Gasteiger partial charge on any atom is -0.439 e. The van der Waals surface area contributed by atoms with Gasteiger partial charge in [-0.3, -0.25) is 4.57 Å². The molecule has 0 fully saturated rings. The molecule has 9 aromatic rings. The van der Waals surface area contributed by atoms with Crippen LogP contribution >= 0.6 is 0 Å². The van der Waals surface area contributed by atoms with Crippen molar-refractivity contribution in [3.8, 4) is 39.7 Å². The van der Waals surface area contributed by atoms with Crippen molar-refractivity contribution < 1.29 is 21.2 Å². The van der Waals surface area contributed by atoms with E-state index in [-0.39, 0.29) is 40.3 Å². The van der Waals surface area contributed by atoms with Gasteiger partial charge in [0.2, 0.25) is 5.88 Å². The van der Waals surface area contributed by atoms with Gasteiger partial charge in [0.1, 0.15) is 18.2 Å². The lowest BCUT2D eigenvalue weighted by Crippen LogP contribution is -2.25. The van der Waals surface area contributed by atoms with Crippen molar-refractivity contribution in [1.29, 1.82) is 0 Å². The van der Waals surface area contributed by atoms with Crippen LogP contribution in [0.15, 0.2) is 182 Å². The molecular formula is C51H41N5O. The Morgan fingerprint density at radius 1 is 0.596 bits per heavy atom. The molecule has 6 aromatic carbocycles. The Balaban J connectivity index is 1.12. The van der Waals surface area contributed by atoms with Crippen LogP contribution in [0.3, 0.4) is 0 Å². The number of ether oxygens (including phenoxy) is 1. The molecule has 0 aliphatic carbocycles. The topological polar surface area (TPSA) is 46.4 Å². The molecule has 0 radical (unpaired) electrons. The highest BCUT2D eigenvalue weighted by atomic mass is 16.5. The second kappa shape index (κ2) is 13.8. The van der Waals surface area contributed by atoms with Gasteiger partial charge in [0.05, 0.1) is 44.5 Å². The first-order valence-corrected chi connectivity index (χ1v) is 18.4. The largest absolute Gasteiger partial charge is 0.439 e. The van der Waals surface area contributed by atoms with Crippen LogP contribution in [0.5, 0.6) is 11.6 Å². The third-order valence-corrected chi connectivity index (χ3v) is 10.2. The second-order valence-corrected chi connectivity index (χ2v) is 14.7. The lowest BCUT2D eigenvalue weighted by Gasteiger charge is -2.27. The van der Waals surface area contributed by atoms with Crippen LogP contribution in [-0.4, -0.2) is 21.2 Å². The molecule has 6 heteroatoms. The highest BCUT2D eigenvalue weighted by molar-refractivity contribution is 6.09. The Morgan fingerprint density at radius 2 is 1.30 bits per heavy atom. The molecule has 276 valence electrons. The Labute approximate surface area is 349 Å². The van der Waals surface area contributed by atoms with Crippen molar-refractivity contribution in [3.63, 3.8) is 0 Å². The molecule has 1 aliphatic heterocycles. The normalized spacial score (nSPS) is 15.6. The van der Waals surface area contributed by atoms with Crippen LogP contribution in [0.25, 0.3) is 49.9 Å². The molecule has 0 bridgehead atoms. The van der Waals surface area contributed by atoms with Gasteiger partial charge in [0, 0.05) is 52.1 Å². The summed E-state index contributed by atoms with van der Waals surface area (Å²) in [5.41, 5.74) is 3.49. The fraction of sp³-hybridized carbons (Fsp3) is 0.0980. The zero-order valence-corrected chi connectivity index (χ0v) is 31.2. The van der Waals surface area contributed by atoms with Crippen LogP contribution in [-0.2, 0) is 5.41 Å². The number of benzene rings is 6. The van der Waals surface area contributed by atoms with Crippen molar-refractivity contribution >= 4 is 44.6 Å². The van der Waals surface area contributed by atoms with Gasteiger partial charge < -0.3 is 14.5 Å². The van der Waals surface area contributed by atoms with Gasteiger partial charge in [0.25, 0.3) is 0 Å². The van der Waals surface area contributed by atoms with E-state index in [4.69, 9.17) is 23.4 Å². The van der Waals surface area contributed by atoms with Crippen molar-refractivity contribution in [1.82, 2.24) is 14.5 Å². The first-order chi connectivity index (χ1) is 32.9. The zero-order valence-electron chi connectivity index (χ0n) is 43.2. The number of nitrogens with zero attached hydrogens (tertiary/aromatic N) is 5. The molecule has 6 nitrogen and oxygen atoms in total. The minimum atomic E-state index is -0.680. The van der Waals surface area contributed by atoms with Crippen molar-refractivity contribution in [2.45, 2.75) is 26.2 Å². The van der Waals surface area contributed by atoms with E-state index >= 15 is 0 Å². The molecule has 4 heterocycles. The molecule has 10 rings (SSSR count). The van der Waals surface area contributed by atoms with Gasteiger partial charge >= 0.3 is 0 Å². The monoisotopic (exact) mass is 751 g/mol. The lowest BCUT2D eigenvalue weighted by atomic mass is 9.88. The van der Waals surface area contributed by atoms with Crippen LogP contribution in [0.2, 0.25) is 0 Å². The summed E-state index contributed by atoms with van der Waals surface area (Å²) in [4.78, 5) is 13.0. The number of para-hydroxylation sites is 4. The number of pyridine rings is 2. The lowest BCUT2D eigenvalue weighted by molar-refractivity contribution is 0.463. The molecular weight excluding hydrogens is 699 g/mol. The molecule has 0 spiro atoms. The molecule has 0 saturated heterocycles. The van der Waals surface area contributed by atoms with Gasteiger partial charge in [-0.2, -0.15) is 0 Å². The van der Waals surface area contributed by atoms with Gasteiger partial charge in [-0.25, -0.2) is 9.97 Å². The number of hydrogen-bond acceptors (Lipinski definition) is 5. The van der Waals surface area contributed by atoms with E-state index in [1.165, 1.54) is 0 Å². The Hall–Kier alpha value is -7.18. The second-order valence-electron chi connectivity index (χ2n) is 14.7. The average molecular weight is 752 g/mol. The van der Waals surface area contributed by atoms with Crippen molar-refractivity contribution in [2.24, 2.45) is 0 Å². The number of aromatic nitrogens is 3.